The summed E-state index contributed by atoms with van der Waals surface area (Å²) in [6.07, 6.45) is 1.78. The Morgan fingerprint density at radius 2 is 1.77 bits per heavy atom. The van der Waals surface area contributed by atoms with Gasteiger partial charge in [-0.2, -0.15) is 0 Å². The Morgan fingerprint density at radius 1 is 1.03 bits per heavy atom. The number of ether oxygens (including phenoxy) is 1. The van der Waals surface area contributed by atoms with Gasteiger partial charge in [-0.15, -0.1) is 0 Å². The summed E-state index contributed by atoms with van der Waals surface area (Å²) in [6.45, 7) is 4.14. The first-order chi connectivity index (χ1) is 14.4. The van der Waals surface area contributed by atoms with Crippen LogP contribution in [0.2, 0.25) is 10.0 Å². The average Bonchev–Trinajstić information content (AvgIpc) is 3.12. The Bertz CT molecular complexity index is 1060. The Hall–Kier alpha value is -2.76. The van der Waals surface area contributed by atoms with E-state index < -0.39 is 0 Å². The highest BCUT2D eigenvalue weighted by atomic mass is 35.5. The molecule has 30 heavy (non-hydrogen) atoms. The van der Waals surface area contributed by atoms with E-state index in [1.807, 2.05) is 6.92 Å². The Morgan fingerprint density at radius 3 is 2.43 bits per heavy atom. The second-order valence-corrected chi connectivity index (χ2v) is 7.54. The molecule has 0 bridgehead atoms. The van der Waals surface area contributed by atoms with Crippen LogP contribution in [0.4, 0.5) is 5.69 Å². The van der Waals surface area contributed by atoms with Gasteiger partial charge >= 0.3 is 5.97 Å². The molecule has 0 fully saturated rings. The van der Waals surface area contributed by atoms with Gasteiger partial charge in [0.15, 0.2) is 0 Å². The van der Waals surface area contributed by atoms with Crippen molar-refractivity contribution in [1.82, 2.24) is 0 Å². The number of unbranched alkanes of at least 4 members (excludes halogenated alkanes) is 1. The van der Waals surface area contributed by atoms with Crippen molar-refractivity contribution >= 4 is 40.8 Å². The van der Waals surface area contributed by atoms with Gasteiger partial charge in [0.2, 0.25) is 0 Å². The molecule has 5 nitrogen and oxygen atoms in total. The second-order valence-electron chi connectivity index (χ2n) is 6.73. The molecule has 0 radical (unpaired) electrons. The minimum atomic E-state index is -0.377. The minimum absolute atomic E-state index is 0.319. The molecule has 1 heterocycles. The highest BCUT2D eigenvalue weighted by Crippen LogP contribution is 2.31. The van der Waals surface area contributed by atoms with Gasteiger partial charge in [-0.25, -0.2) is 4.79 Å². The molecular weight excluding hydrogens is 425 g/mol. The number of anilines is 1. The molecule has 1 N–H and O–H groups in total. The van der Waals surface area contributed by atoms with Crippen LogP contribution in [-0.2, 0) is 4.74 Å². The first-order valence-corrected chi connectivity index (χ1v) is 10.3. The lowest BCUT2D eigenvalue weighted by molar-refractivity contribution is 0.0499. The normalized spacial score (nSPS) is 10.7. The maximum Gasteiger partial charge on any atom is 0.338 e. The van der Waals surface area contributed by atoms with Gasteiger partial charge in [0.25, 0.3) is 5.91 Å². The maximum absolute atomic E-state index is 12.7. The lowest BCUT2D eigenvalue weighted by atomic mass is 10.1. The molecule has 0 saturated heterocycles. The van der Waals surface area contributed by atoms with Crippen LogP contribution < -0.4 is 5.32 Å². The first kappa shape index (κ1) is 21.9. The molecule has 1 amide bonds. The van der Waals surface area contributed by atoms with Gasteiger partial charge in [0.1, 0.15) is 11.5 Å². The Labute approximate surface area is 184 Å². The third kappa shape index (κ3) is 5.23. The van der Waals surface area contributed by atoms with Gasteiger partial charge in [0, 0.05) is 11.3 Å². The van der Waals surface area contributed by atoms with E-state index >= 15 is 0 Å². The number of rotatable bonds is 7. The number of aryl methyl sites for hydroxylation is 1. The van der Waals surface area contributed by atoms with Crippen molar-refractivity contribution in [2.24, 2.45) is 0 Å². The highest BCUT2D eigenvalue weighted by Gasteiger charge is 2.17. The molecule has 0 saturated carbocycles. The summed E-state index contributed by atoms with van der Waals surface area (Å²) in [5, 5.41) is 3.65. The number of nitrogens with one attached hydrogen (secondary N) is 1. The van der Waals surface area contributed by atoms with Crippen LogP contribution in [0, 0.1) is 6.92 Å². The number of carbonyl (C=O) groups is 2. The summed E-state index contributed by atoms with van der Waals surface area (Å²) in [5.41, 5.74) is 2.11. The molecule has 1 aromatic heterocycles. The van der Waals surface area contributed by atoms with Crippen molar-refractivity contribution in [3.8, 4) is 11.3 Å². The fourth-order valence-corrected chi connectivity index (χ4v) is 3.08. The zero-order chi connectivity index (χ0) is 21.7. The summed E-state index contributed by atoms with van der Waals surface area (Å²) in [4.78, 5) is 24.6. The number of hydrogen-bond donors (Lipinski definition) is 1. The summed E-state index contributed by atoms with van der Waals surface area (Å²) in [5.74, 6) is 0.296. The molecular formula is C23H21Cl2NO4. The second kappa shape index (κ2) is 9.83. The third-order valence-corrected chi connectivity index (χ3v) is 5.22. The van der Waals surface area contributed by atoms with Crippen molar-refractivity contribution in [1.29, 1.82) is 0 Å². The monoisotopic (exact) mass is 445 g/mol. The zero-order valence-corrected chi connectivity index (χ0v) is 18.1. The van der Waals surface area contributed by atoms with E-state index in [1.165, 1.54) is 0 Å². The number of carbonyl (C=O) groups excluding carboxylic acids is 2. The van der Waals surface area contributed by atoms with Crippen molar-refractivity contribution in [2.75, 3.05) is 11.9 Å². The largest absolute Gasteiger partial charge is 0.462 e. The van der Waals surface area contributed by atoms with Crippen LogP contribution in [0.25, 0.3) is 11.3 Å². The van der Waals surface area contributed by atoms with Crippen molar-refractivity contribution in [2.45, 2.75) is 26.7 Å². The topological polar surface area (TPSA) is 68.5 Å². The van der Waals surface area contributed by atoms with Gasteiger partial charge in [0.05, 0.1) is 27.8 Å². The lowest BCUT2D eigenvalue weighted by Crippen LogP contribution is -2.12. The van der Waals surface area contributed by atoms with E-state index in [1.54, 1.807) is 55.5 Å². The van der Waals surface area contributed by atoms with Crippen LogP contribution in [-0.4, -0.2) is 18.5 Å². The van der Waals surface area contributed by atoms with E-state index in [-0.39, 0.29) is 11.9 Å². The Balaban J connectivity index is 1.69. The summed E-state index contributed by atoms with van der Waals surface area (Å²) in [7, 11) is 0. The summed E-state index contributed by atoms with van der Waals surface area (Å²) >= 11 is 12.0. The standard InChI is InChI=1S/C23H21Cl2NO4/c1-3-4-11-29-23(28)15-5-8-17(9-6-15)26-22(27)18-13-21(30-14(18)2)16-7-10-19(24)20(25)12-16/h5-10,12-13H,3-4,11H2,1-2H3,(H,26,27). The van der Waals surface area contributed by atoms with E-state index in [2.05, 4.69) is 5.32 Å². The molecule has 0 aliphatic rings. The maximum atomic E-state index is 12.7. The number of amides is 1. The van der Waals surface area contributed by atoms with Gasteiger partial charge < -0.3 is 14.5 Å². The molecule has 0 atom stereocenters. The smallest absolute Gasteiger partial charge is 0.338 e. The molecule has 0 aliphatic carbocycles. The van der Waals surface area contributed by atoms with Gasteiger partial charge in [-0.05, 0) is 61.9 Å². The molecule has 2 aromatic carbocycles. The molecule has 7 heteroatoms. The number of halogens is 2. The van der Waals surface area contributed by atoms with Crippen molar-refractivity contribution in [3.63, 3.8) is 0 Å². The Kier molecular flexibility index (Phi) is 7.19. The van der Waals surface area contributed by atoms with Crippen LogP contribution >= 0.6 is 23.2 Å². The van der Waals surface area contributed by atoms with Crippen LogP contribution in [0.3, 0.4) is 0 Å². The van der Waals surface area contributed by atoms with Crippen LogP contribution in [0.5, 0.6) is 0 Å². The zero-order valence-electron chi connectivity index (χ0n) is 16.6. The van der Waals surface area contributed by atoms with E-state index in [4.69, 9.17) is 32.4 Å². The molecule has 0 aliphatic heterocycles. The predicted molar refractivity (Wildman–Crippen MR) is 118 cm³/mol. The number of esters is 1. The molecule has 156 valence electrons. The summed E-state index contributed by atoms with van der Waals surface area (Å²) < 4.78 is 10.9. The van der Waals surface area contributed by atoms with Gasteiger partial charge in [-0.3, -0.25) is 4.79 Å². The van der Waals surface area contributed by atoms with Crippen molar-refractivity contribution in [3.05, 3.63) is 75.5 Å². The van der Waals surface area contributed by atoms with E-state index in [0.29, 0.717) is 45.0 Å². The quantitative estimate of drug-likeness (QED) is 0.321. The molecule has 0 spiro atoms. The number of benzene rings is 2. The van der Waals surface area contributed by atoms with E-state index in [0.717, 1.165) is 18.4 Å². The lowest BCUT2D eigenvalue weighted by Gasteiger charge is -2.06. The predicted octanol–water partition coefficient (Wildman–Crippen LogP) is 6.77. The number of furan rings is 1. The van der Waals surface area contributed by atoms with Gasteiger partial charge in [-0.1, -0.05) is 36.5 Å². The SMILES string of the molecule is CCCCOC(=O)c1ccc(NC(=O)c2cc(-c3ccc(Cl)c(Cl)c3)oc2C)cc1. The summed E-state index contributed by atoms with van der Waals surface area (Å²) in [6, 6.07) is 13.3. The first-order valence-electron chi connectivity index (χ1n) is 9.53. The third-order valence-electron chi connectivity index (χ3n) is 4.48. The van der Waals surface area contributed by atoms with E-state index in [9.17, 15) is 9.59 Å². The molecule has 3 rings (SSSR count). The fourth-order valence-electron chi connectivity index (χ4n) is 2.78. The molecule has 3 aromatic rings. The van der Waals surface area contributed by atoms with Crippen molar-refractivity contribution < 1.29 is 18.7 Å². The molecule has 0 unspecified atom stereocenters. The van der Waals surface area contributed by atoms with Crippen LogP contribution in [0.1, 0.15) is 46.2 Å². The van der Waals surface area contributed by atoms with Crippen LogP contribution in [0.15, 0.2) is 52.9 Å². The highest BCUT2D eigenvalue weighted by molar-refractivity contribution is 6.42. The minimum Gasteiger partial charge on any atom is -0.462 e. The fraction of sp³-hybridized carbons (Fsp3) is 0.217. The number of hydrogen-bond acceptors (Lipinski definition) is 4. The average molecular weight is 446 g/mol.